The van der Waals surface area contributed by atoms with Gasteiger partial charge < -0.3 is 18.9 Å². The molecule has 0 N–H and O–H groups in total. The predicted molar refractivity (Wildman–Crippen MR) is 117 cm³/mol. The van der Waals surface area contributed by atoms with E-state index in [1.807, 2.05) is 55.5 Å². The molecule has 0 aliphatic carbocycles. The molecule has 0 aromatic heterocycles. The fourth-order valence-corrected chi connectivity index (χ4v) is 3.32. The Balaban J connectivity index is 2.09. The molecule has 0 saturated carbocycles. The highest BCUT2D eigenvalue weighted by Crippen LogP contribution is 2.24. The van der Waals surface area contributed by atoms with Crippen LogP contribution in [0, 0.1) is 0 Å². The van der Waals surface area contributed by atoms with Crippen molar-refractivity contribution in [3.05, 3.63) is 71.8 Å². The van der Waals surface area contributed by atoms with Gasteiger partial charge in [0.05, 0.1) is 0 Å². The van der Waals surface area contributed by atoms with E-state index in [2.05, 4.69) is 0 Å². The van der Waals surface area contributed by atoms with E-state index < -0.39 is 36.4 Å². The second-order valence-corrected chi connectivity index (χ2v) is 7.31. The summed E-state index contributed by atoms with van der Waals surface area (Å²) in [5.74, 6) is -1.03. The van der Waals surface area contributed by atoms with Crippen LogP contribution < -0.4 is 0 Å². The third-order valence-corrected chi connectivity index (χ3v) is 5.04. The lowest BCUT2D eigenvalue weighted by Gasteiger charge is -2.27. The SMILES string of the molecule is CCCC[C@H](OC(=O)[C@H](OC)c1ccccc1)[C@H](C)OC(=O)[C@H](OC)c1ccccc1. The number of unbranched alkanes of at least 4 members (excludes halogenated alkanes) is 1. The van der Waals surface area contributed by atoms with Crippen LogP contribution in [0.5, 0.6) is 0 Å². The summed E-state index contributed by atoms with van der Waals surface area (Å²) >= 11 is 0. The van der Waals surface area contributed by atoms with E-state index in [0.29, 0.717) is 17.5 Å². The normalized spacial score (nSPS) is 14.8. The number of hydrogen-bond acceptors (Lipinski definition) is 6. The number of carbonyl (C=O) groups is 2. The number of rotatable bonds is 12. The maximum Gasteiger partial charge on any atom is 0.340 e. The van der Waals surface area contributed by atoms with E-state index >= 15 is 0 Å². The third kappa shape index (κ3) is 7.19. The van der Waals surface area contributed by atoms with Crippen LogP contribution in [0.3, 0.4) is 0 Å². The molecule has 0 amide bonds. The van der Waals surface area contributed by atoms with E-state index in [9.17, 15) is 9.59 Å². The second-order valence-electron chi connectivity index (χ2n) is 7.31. The van der Waals surface area contributed by atoms with Gasteiger partial charge in [-0.25, -0.2) is 9.59 Å². The Kier molecular flexibility index (Phi) is 10.2. The monoisotopic (exact) mass is 428 g/mol. The molecule has 0 bridgehead atoms. The van der Waals surface area contributed by atoms with E-state index in [0.717, 1.165) is 12.8 Å². The van der Waals surface area contributed by atoms with Crippen LogP contribution in [-0.2, 0) is 28.5 Å². The summed E-state index contributed by atoms with van der Waals surface area (Å²) in [6.07, 6.45) is -0.596. The zero-order chi connectivity index (χ0) is 22.6. The smallest absolute Gasteiger partial charge is 0.340 e. The first-order valence-electron chi connectivity index (χ1n) is 10.6. The van der Waals surface area contributed by atoms with Crippen LogP contribution in [0.25, 0.3) is 0 Å². The molecule has 0 fully saturated rings. The lowest BCUT2D eigenvalue weighted by atomic mass is 10.1. The fourth-order valence-electron chi connectivity index (χ4n) is 3.32. The Bertz CT molecular complexity index is 792. The minimum absolute atomic E-state index is 0.510. The first-order valence-corrected chi connectivity index (χ1v) is 10.6. The van der Waals surface area contributed by atoms with Gasteiger partial charge in [-0.1, -0.05) is 74.0 Å². The van der Waals surface area contributed by atoms with Gasteiger partial charge in [-0.05, 0) is 30.9 Å². The molecule has 2 rings (SSSR count). The van der Waals surface area contributed by atoms with Crippen LogP contribution in [0.15, 0.2) is 60.7 Å². The van der Waals surface area contributed by atoms with Crippen LogP contribution in [0.2, 0.25) is 0 Å². The van der Waals surface area contributed by atoms with Crippen molar-refractivity contribution in [3.8, 4) is 0 Å². The standard InChI is InChI=1S/C25H32O6/c1-5-6-17-21(31-25(27)23(29-4)20-15-11-8-12-16-20)18(2)30-24(26)22(28-3)19-13-9-7-10-14-19/h7-16,18,21-23H,5-6,17H2,1-4H3/t18-,21-,22+,23+/m0/s1. The molecule has 0 spiro atoms. The van der Waals surface area contributed by atoms with E-state index in [1.165, 1.54) is 14.2 Å². The van der Waals surface area contributed by atoms with Crippen molar-refractivity contribution in [1.29, 1.82) is 0 Å². The lowest BCUT2D eigenvalue weighted by Crippen LogP contribution is -2.36. The van der Waals surface area contributed by atoms with Gasteiger partial charge in [0.1, 0.15) is 12.2 Å². The highest BCUT2D eigenvalue weighted by molar-refractivity contribution is 5.77. The molecule has 0 saturated heterocycles. The van der Waals surface area contributed by atoms with Crippen molar-refractivity contribution in [2.75, 3.05) is 14.2 Å². The Morgan fingerprint density at radius 1 is 0.774 bits per heavy atom. The largest absolute Gasteiger partial charge is 0.457 e. The Morgan fingerprint density at radius 2 is 1.23 bits per heavy atom. The number of esters is 2. The molecule has 0 aliphatic rings. The van der Waals surface area contributed by atoms with E-state index in [4.69, 9.17) is 18.9 Å². The van der Waals surface area contributed by atoms with Gasteiger partial charge in [0.15, 0.2) is 12.2 Å². The lowest BCUT2D eigenvalue weighted by molar-refractivity contribution is -0.180. The summed E-state index contributed by atoms with van der Waals surface area (Å²) < 4.78 is 22.1. The number of hydrogen-bond donors (Lipinski definition) is 0. The number of benzene rings is 2. The topological polar surface area (TPSA) is 71.1 Å². The Hall–Kier alpha value is -2.70. The molecule has 6 heteroatoms. The van der Waals surface area contributed by atoms with Crippen molar-refractivity contribution in [1.82, 2.24) is 0 Å². The van der Waals surface area contributed by atoms with Crippen LogP contribution in [-0.4, -0.2) is 38.4 Å². The van der Waals surface area contributed by atoms with Gasteiger partial charge in [-0.15, -0.1) is 0 Å². The Labute approximate surface area is 184 Å². The molecule has 2 aromatic carbocycles. The van der Waals surface area contributed by atoms with Crippen molar-refractivity contribution in [3.63, 3.8) is 0 Å². The molecular formula is C25H32O6. The fraction of sp³-hybridized carbons (Fsp3) is 0.440. The van der Waals surface area contributed by atoms with Crippen molar-refractivity contribution >= 4 is 11.9 Å². The van der Waals surface area contributed by atoms with Gasteiger partial charge >= 0.3 is 11.9 Å². The van der Waals surface area contributed by atoms with Crippen LogP contribution in [0.4, 0.5) is 0 Å². The Morgan fingerprint density at radius 3 is 1.65 bits per heavy atom. The average Bonchev–Trinajstić information content (AvgIpc) is 2.79. The van der Waals surface area contributed by atoms with Crippen LogP contribution >= 0.6 is 0 Å². The zero-order valence-corrected chi connectivity index (χ0v) is 18.7. The minimum atomic E-state index is -0.845. The molecule has 0 aliphatic heterocycles. The van der Waals surface area contributed by atoms with Crippen molar-refractivity contribution in [2.24, 2.45) is 0 Å². The summed E-state index contributed by atoms with van der Waals surface area (Å²) in [4.78, 5) is 25.6. The molecule has 4 atom stereocenters. The molecule has 168 valence electrons. The quantitative estimate of drug-likeness (QED) is 0.453. The van der Waals surface area contributed by atoms with Gasteiger partial charge in [0, 0.05) is 14.2 Å². The first-order chi connectivity index (χ1) is 15.0. The molecule has 31 heavy (non-hydrogen) atoms. The maximum absolute atomic E-state index is 12.8. The van der Waals surface area contributed by atoms with Crippen molar-refractivity contribution < 1.29 is 28.5 Å². The maximum atomic E-state index is 12.8. The number of methoxy groups -OCH3 is 2. The van der Waals surface area contributed by atoms with Gasteiger partial charge in [0.25, 0.3) is 0 Å². The summed E-state index contributed by atoms with van der Waals surface area (Å²) in [6.45, 7) is 3.78. The second kappa shape index (κ2) is 12.9. The average molecular weight is 429 g/mol. The predicted octanol–water partition coefficient (Wildman–Crippen LogP) is 4.80. The van der Waals surface area contributed by atoms with E-state index in [-0.39, 0.29) is 0 Å². The molecule has 6 nitrogen and oxygen atoms in total. The third-order valence-electron chi connectivity index (χ3n) is 5.04. The highest BCUT2D eigenvalue weighted by Gasteiger charge is 2.31. The van der Waals surface area contributed by atoms with Gasteiger partial charge in [0.2, 0.25) is 0 Å². The first kappa shape index (κ1) is 24.6. The molecule has 0 heterocycles. The molecule has 2 aromatic rings. The molecule has 0 radical (unpaired) electrons. The number of carbonyl (C=O) groups excluding carboxylic acids is 2. The summed E-state index contributed by atoms with van der Waals surface area (Å²) in [7, 11) is 2.92. The zero-order valence-electron chi connectivity index (χ0n) is 18.7. The minimum Gasteiger partial charge on any atom is -0.457 e. The van der Waals surface area contributed by atoms with Crippen molar-refractivity contribution in [2.45, 2.75) is 57.5 Å². The number of ether oxygens (including phenoxy) is 4. The summed E-state index contributed by atoms with van der Waals surface area (Å²) in [6, 6.07) is 18.3. The van der Waals surface area contributed by atoms with E-state index in [1.54, 1.807) is 19.1 Å². The highest BCUT2D eigenvalue weighted by atomic mass is 16.6. The van der Waals surface area contributed by atoms with Crippen LogP contribution in [0.1, 0.15) is 56.4 Å². The van der Waals surface area contributed by atoms with Gasteiger partial charge in [-0.3, -0.25) is 0 Å². The molecule has 0 unspecified atom stereocenters. The molecular weight excluding hydrogens is 396 g/mol. The summed E-state index contributed by atoms with van der Waals surface area (Å²) in [5, 5.41) is 0. The summed E-state index contributed by atoms with van der Waals surface area (Å²) in [5.41, 5.74) is 1.41. The van der Waals surface area contributed by atoms with Gasteiger partial charge in [-0.2, -0.15) is 0 Å².